The molecule has 1 amide bonds. The van der Waals surface area contributed by atoms with E-state index in [1.54, 1.807) is 6.07 Å². The quantitative estimate of drug-likeness (QED) is 0.840. The third kappa shape index (κ3) is 3.87. The van der Waals surface area contributed by atoms with Crippen molar-refractivity contribution in [1.82, 2.24) is 9.80 Å². The molecule has 1 saturated carbocycles. The lowest BCUT2D eigenvalue weighted by Gasteiger charge is -2.37. The van der Waals surface area contributed by atoms with Crippen LogP contribution in [0.1, 0.15) is 30.7 Å². The van der Waals surface area contributed by atoms with Crippen LogP contribution in [-0.4, -0.2) is 61.6 Å². The van der Waals surface area contributed by atoms with Gasteiger partial charge >= 0.3 is 0 Å². The minimum absolute atomic E-state index is 0.0148. The largest absolute Gasteiger partial charge is 0.379 e. The summed E-state index contributed by atoms with van der Waals surface area (Å²) in [6, 6.07) is 6.88. The molecule has 1 aromatic carbocycles. The number of ether oxygens (including phenoxy) is 1. The summed E-state index contributed by atoms with van der Waals surface area (Å²) in [4.78, 5) is 17.4. The van der Waals surface area contributed by atoms with Crippen molar-refractivity contribution in [3.8, 4) is 0 Å². The number of halogens is 1. The molecule has 0 N–H and O–H groups in total. The lowest BCUT2D eigenvalue weighted by molar-refractivity contribution is -0.134. The molecule has 0 radical (unpaired) electrons. The smallest absolute Gasteiger partial charge is 0.226 e. The van der Waals surface area contributed by atoms with Crippen molar-refractivity contribution in [2.24, 2.45) is 11.8 Å². The first-order valence-corrected chi connectivity index (χ1v) is 9.55. The van der Waals surface area contributed by atoms with Crippen LogP contribution in [0, 0.1) is 17.7 Å². The van der Waals surface area contributed by atoms with Gasteiger partial charge < -0.3 is 9.64 Å². The summed E-state index contributed by atoms with van der Waals surface area (Å²) in [5.41, 5.74) is 0.711. The molecule has 2 saturated heterocycles. The third-order valence-corrected chi connectivity index (χ3v) is 5.86. The zero-order valence-electron chi connectivity index (χ0n) is 14.7. The van der Waals surface area contributed by atoms with E-state index < -0.39 is 0 Å². The summed E-state index contributed by atoms with van der Waals surface area (Å²) in [6.07, 6.45) is 3.07. The van der Waals surface area contributed by atoms with E-state index in [-0.39, 0.29) is 23.6 Å². The number of benzene rings is 1. The second-order valence-corrected chi connectivity index (χ2v) is 7.68. The van der Waals surface area contributed by atoms with E-state index in [0.29, 0.717) is 11.5 Å². The molecule has 0 bridgehead atoms. The molecule has 0 unspecified atom stereocenters. The number of amides is 1. The number of piperidine rings is 1. The minimum atomic E-state index is -0.174. The van der Waals surface area contributed by atoms with Crippen LogP contribution in [0.15, 0.2) is 24.3 Å². The molecular weight excluding hydrogens is 319 g/mol. The van der Waals surface area contributed by atoms with E-state index >= 15 is 0 Å². The molecule has 25 heavy (non-hydrogen) atoms. The lowest BCUT2D eigenvalue weighted by Crippen LogP contribution is -2.46. The van der Waals surface area contributed by atoms with Crippen LogP contribution >= 0.6 is 0 Å². The number of morpholine rings is 1. The normalized spacial score (nSPS) is 30.3. The fourth-order valence-corrected chi connectivity index (χ4v) is 4.39. The van der Waals surface area contributed by atoms with E-state index in [1.807, 2.05) is 17.0 Å². The van der Waals surface area contributed by atoms with E-state index in [9.17, 15) is 9.18 Å². The highest BCUT2D eigenvalue weighted by atomic mass is 19.1. The maximum Gasteiger partial charge on any atom is 0.226 e. The van der Waals surface area contributed by atoms with Gasteiger partial charge in [0.25, 0.3) is 0 Å². The Morgan fingerprint density at radius 3 is 2.80 bits per heavy atom. The Labute approximate surface area is 148 Å². The van der Waals surface area contributed by atoms with Crippen LogP contribution in [0.25, 0.3) is 0 Å². The summed E-state index contributed by atoms with van der Waals surface area (Å²) in [7, 11) is 0. The maximum atomic E-state index is 13.9. The molecule has 3 atom stereocenters. The molecule has 136 valence electrons. The molecule has 1 aromatic rings. The van der Waals surface area contributed by atoms with Gasteiger partial charge in [0.05, 0.1) is 13.2 Å². The average Bonchev–Trinajstić information content (AvgIpc) is 3.43. The van der Waals surface area contributed by atoms with Crippen LogP contribution in [0.2, 0.25) is 0 Å². The highest BCUT2D eigenvalue weighted by molar-refractivity contribution is 5.83. The zero-order chi connectivity index (χ0) is 17.2. The molecule has 4 nitrogen and oxygen atoms in total. The first-order valence-electron chi connectivity index (χ1n) is 9.55. The van der Waals surface area contributed by atoms with Crippen LogP contribution in [0.5, 0.6) is 0 Å². The number of carbonyl (C=O) groups is 1. The number of rotatable bonds is 4. The summed E-state index contributed by atoms with van der Waals surface area (Å²) in [5, 5.41) is 0. The minimum Gasteiger partial charge on any atom is -0.379 e. The van der Waals surface area contributed by atoms with Gasteiger partial charge in [0.15, 0.2) is 0 Å². The first kappa shape index (κ1) is 17.0. The van der Waals surface area contributed by atoms with Crippen LogP contribution in [0.4, 0.5) is 4.39 Å². The van der Waals surface area contributed by atoms with Gasteiger partial charge in [0.1, 0.15) is 5.82 Å². The molecule has 5 heteroatoms. The number of nitrogens with zero attached hydrogens (tertiary/aromatic N) is 2. The predicted molar refractivity (Wildman–Crippen MR) is 93.8 cm³/mol. The van der Waals surface area contributed by atoms with Gasteiger partial charge in [0, 0.05) is 38.6 Å². The second kappa shape index (κ2) is 7.42. The topological polar surface area (TPSA) is 32.8 Å². The average molecular weight is 346 g/mol. The molecular formula is C20H27FN2O2. The Morgan fingerprint density at radius 1 is 1.20 bits per heavy atom. The molecule has 3 fully saturated rings. The summed E-state index contributed by atoms with van der Waals surface area (Å²) < 4.78 is 19.4. The number of likely N-dealkylation sites (tertiary alicyclic amines) is 1. The van der Waals surface area contributed by atoms with Crippen molar-refractivity contribution in [3.63, 3.8) is 0 Å². The summed E-state index contributed by atoms with van der Waals surface area (Å²) in [6.45, 7) is 6.43. The molecule has 1 aliphatic carbocycles. The fourth-order valence-electron chi connectivity index (χ4n) is 4.39. The second-order valence-electron chi connectivity index (χ2n) is 7.68. The number of hydrogen-bond donors (Lipinski definition) is 0. The Morgan fingerprint density at radius 2 is 2.00 bits per heavy atom. The van der Waals surface area contributed by atoms with Gasteiger partial charge in [-0.25, -0.2) is 4.39 Å². The van der Waals surface area contributed by atoms with Gasteiger partial charge in [-0.3, -0.25) is 9.69 Å². The molecule has 4 rings (SSSR count). The van der Waals surface area contributed by atoms with Gasteiger partial charge in [-0.1, -0.05) is 18.2 Å². The van der Waals surface area contributed by atoms with Crippen molar-refractivity contribution in [3.05, 3.63) is 35.6 Å². The predicted octanol–water partition coefficient (Wildman–Crippen LogP) is 2.50. The van der Waals surface area contributed by atoms with E-state index in [1.165, 1.54) is 12.5 Å². The van der Waals surface area contributed by atoms with Crippen molar-refractivity contribution in [2.75, 3.05) is 45.9 Å². The van der Waals surface area contributed by atoms with Gasteiger partial charge in [-0.15, -0.1) is 0 Å². The van der Waals surface area contributed by atoms with Crippen molar-refractivity contribution in [1.29, 1.82) is 0 Å². The van der Waals surface area contributed by atoms with Crippen molar-refractivity contribution >= 4 is 5.91 Å². The van der Waals surface area contributed by atoms with E-state index in [2.05, 4.69) is 4.90 Å². The van der Waals surface area contributed by atoms with Gasteiger partial charge in [-0.05, 0) is 42.7 Å². The highest BCUT2D eigenvalue weighted by Gasteiger charge is 2.47. The van der Waals surface area contributed by atoms with E-state index in [4.69, 9.17) is 4.74 Å². The Hall–Kier alpha value is -1.46. The maximum absolute atomic E-state index is 13.9. The highest BCUT2D eigenvalue weighted by Crippen LogP contribution is 2.49. The molecule has 3 aliphatic rings. The SMILES string of the molecule is O=C([C@@H]1C[C@@H]1c1ccccc1F)N1CCC[C@@H](CN2CCOCC2)C1. The zero-order valence-corrected chi connectivity index (χ0v) is 14.7. The Balaban J connectivity index is 1.32. The van der Waals surface area contributed by atoms with Crippen LogP contribution < -0.4 is 0 Å². The van der Waals surface area contributed by atoms with Gasteiger partial charge in [0.2, 0.25) is 5.91 Å². The van der Waals surface area contributed by atoms with Crippen LogP contribution in [0.3, 0.4) is 0 Å². The summed E-state index contributed by atoms with van der Waals surface area (Å²) >= 11 is 0. The van der Waals surface area contributed by atoms with Crippen molar-refractivity contribution in [2.45, 2.75) is 25.2 Å². The van der Waals surface area contributed by atoms with E-state index in [0.717, 1.165) is 58.8 Å². The van der Waals surface area contributed by atoms with Gasteiger partial charge in [-0.2, -0.15) is 0 Å². The number of hydrogen-bond acceptors (Lipinski definition) is 3. The summed E-state index contributed by atoms with van der Waals surface area (Å²) in [5.74, 6) is 0.681. The van der Waals surface area contributed by atoms with Crippen LogP contribution in [-0.2, 0) is 9.53 Å². The molecule has 2 heterocycles. The third-order valence-electron chi connectivity index (χ3n) is 5.86. The Kier molecular flexibility index (Phi) is 5.04. The molecule has 0 aromatic heterocycles. The number of carbonyl (C=O) groups excluding carboxylic acids is 1. The van der Waals surface area contributed by atoms with Crippen molar-refractivity contribution < 1.29 is 13.9 Å². The lowest BCUT2D eigenvalue weighted by atomic mass is 9.96. The molecule has 2 aliphatic heterocycles. The fraction of sp³-hybridized carbons (Fsp3) is 0.650. The Bertz CT molecular complexity index is 617. The monoisotopic (exact) mass is 346 g/mol. The standard InChI is InChI=1S/C20H27FN2O2/c21-19-6-2-1-5-16(19)17-12-18(17)20(24)23-7-3-4-15(14-23)13-22-8-10-25-11-9-22/h1-2,5-6,15,17-18H,3-4,7-14H2/t15-,17+,18+/m0/s1. The first-order chi connectivity index (χ1) is 12.2. The molecule has 0 spiro atoms.